The highest BCUT2D eigenvalue weighted by atomic mass is 16.5. The third kappa shape index (κ3) is 3.48. The smallest absolute Gasteiger partial charge is 0.231 e. The van der Waals surface area contributed by atoms with Crippen molar-refractivity contribution in [2.75, 3.05) is 13.2 Å². The first-order valence-corrected chi connectivity index (χ1v) is 9.04. The number of hydrogen-bond acceptors (Lipinski definition) is 5. The van der Waals surface area contributed by atoms with Gasteiger partial charge >= 0.3 is 0 Å². The van der Waals surface area contributed by atoms with Crippen molar-refractivity contribution in [3.05, 3.63) is 72.6 Å². The number of amides is 1. The number of aromatic nitrogens is 2. The molecule has 1 aliphatic heterocycles. The highest BCUT2D eigenvalue weighted by Gasteiger charge is 2.41. The monoisotopic (exact) mass is 363 g/mol. The molecule has 2 aromatic heterocycles. The molecule has 3 heterocycles. The van der Waals surface area contributed by atoms with Crippen LogP contribution < -0.4 is 5.32 Å². The van der Waals surface area contributed by atoms with Crippen LogP contribution in [0.5, 0.6) is 0 Å². The van der Waals surface area contributed by atoms with Crippen molar-refractivity contribution in [1.82, 2.24) is 15.3 Å². The third-order valence-corrected chi connectivity index (χ3v) is 5.09. The Bertz CT molecular complexity index is 888. The van der Waals surface area contributed by atoms with Crippen LogP contribution in [0.2, 0.25) is 0 Å². The van der Waals surface area contributed by atoms with Crippen LogP contribution in [-0.2, 0) is 21.5 Å². The largest absolute Gasteiger partial charge is 0.472 e. The summed E-state index contributed by atoms with van der Waals surface area (Å²) in [5.41, 5.74) is 2.73. The molecule has 138 valence electrons. The van der Waals surface area contributed by atoms with Crippen LogP contribution in [0.15, 0.2) is 65.7 Å². The van der Waals surface area contributed by atoms with Gasteiger partial charge in [-0.3, -0.25) is 14.8 Å². The van der Waals surface area contributed by atoms with Crippen molar-refractivity contribution < 1.29 is 13.9 Å². The first-order valence-electron chi connectivity index (χ1n) is 9.04. The Morgan fingerprint density at radius 2 is 1.85 bits per heavy atom. The lowest BCUT2D eigenvalue weighted by molar-refractivity contribution is -0.130. The van der Waals surface area contributed by atoms with Gasteiger partial charge in [-0.15, -0.1) is 0 Å². The molecule has 0 aliphatic carbocycles. The summed E-state index contributed by atoms with van der Waals surface area (Å²) < 4.78 is 10.7. The summed E-state index contributed by atoms with van der Waals surface area (Å²) in [6, 6.07) is 11.8. The minimum Gasteiger partial charge on any atom is -0.472 e. The SMILES string of the molecule is O=C(NCc1nccnc1-c1ccoc1)C1(c2ccccc2)CCOCC1. The van der Waals surface area contributed by atoms with Crippen molar-refractivity contribution >= 4 is 5.91 Å². The van der Waals surface area contributed by atoms with Crippen LogP contribution in [0.1, 0.15) is 24.1 Å². The molecule has 1 N–H and O–H groups in total. The summed E-state index contributed by atoms with van der Waals surface area (Å²) >= 11 is 0. The summed E-state index contributed by atoms with van der Waals surface area (Å²) in [5.74, 6) is 0.000738. The number of nitrogens with zero attached hydrogens (tertiary/aromatic N) is 2. The fourth-order valence-electron chi connectivity index (χ4n) is 3.59. The quantitative estimate of drug-likeness (QED) is 0.754. The summed E-state index contributed by atoms with van der Waals surface area (Å²) in [4.78, 5) is 22.1. The van der Waals surface area contributed by atoms with Crippen molar-refractivity contribution in [1.29, 1.82) is 0 Å². The topological polar surface area (TPSA) is 77.3 Å². The molecule has 0 atom stereocenters. The molecular weight excluding hydrogens is 342 g/mol. The molecule has 1 amide bonds. The molecule has 0 saturated carbocycles. The highest BCUT2D eigenvalue weighted by Crippen LogP contribution is 2.35. The van der Waals surface area contributed by atoms with Gasteiger partial charge in [0.2, 0.25) is 5.91 Å². The van der Waals surface area contributed by atoms with Gasteiger partial charge in [-0.2, -0.15) is 0 Å². The third-order valence-electron chi connectivity index (χ3n) is 5.09. The number of rotatable bonds is 5. The maximum atomic E-state index is 13.3. The fraction of sp³-hybridized carbons (Fsp3) is 0.286. The van der Waals surface area contributed by atoms with E-state index in [-0.39, 0.29) is 5.91 Å². The van der Waals surface area contributed by atoms with Crippen LogP contribution in [0.3, 0.4) is 0 Å². The molecule has 3 aromatic rings. The van der Waals surface area contributed by atoms with E-state index in [4.69, 9.17) is 9.15 Å². The maximum Gasteiger partial charge on any atom is 0.231 e. The Hall–Kier alpha value is -2.99. The second kappa shape index (κ2) is 7.72. The predicted molar refractivity (Wildman–Crippen MR) is 99.8 cm³/mol. The lowest BCUT2D eigenvalue weighted by Crippen LogP contribution is -2.47. The molecule has 1 saturated heterocycles. The molecule has 1 aromatic carbocycles. The molecule has 0 bridgehead atoms. The number of ether oxygens (including phenoxy) is 1. The highest BCUT2D eigenvalue weighted by molar-refractivity contribution is 5.88. The molecule has 0 radical (unpaired) electrons. The molecule has 4 rings (SSSR count). The standard InChI is InChI=1S/C21H21N3O3/c25-20(21(7-12-26-13-8-21)17-4-2-1-3-5-17)24-14-18-19(23-10-9-22-18)16-6-11-27-15-16/h1-6,9-11,15H,7-8,12-14H2,(H,24,25). The van der Waals surface area contributed by atoms with Gasteiger partial charge in [0, 0.05) is 31.2 Å². The van der Waals surface area contributed by atoms with Crippen molar-refractivity contribution in [2.24, 2.45) is 0 Å². The first-order chi connectivity index (χ1) is 13.3. The molecule has 0 unspecified atom stereocenters. The lowest BCUT2D eigenvalue weighted by Gasteiger charge is -2.36. The fourth-order valence-corrected chi connectivity index (χ4v) is 3.59. The number of nitrogens with one attached hydrogen (secondary N) is 1. The second-order valence-corrected chi connectivity index (χ2v) is 6.61. The Labute approximate surface area is 157 Å². The van der Waals surface area contributed by atoms with E-state index in [9.17, 15) is 4.79 Å². The van der Waals surface area contributed by atoms with Gasteiger partial charge in [0.25, 0.3) is 0 Å². The molecule has 6 heteroatoms. The number of hydrogen-bond donors (Lipinski definition) is 1. The zero-order chi connectivity index (χ0) is 18.5. The Balaban J connectivity index is 1.57. The van der Waals surface area contributed by atoms with Crippen LogP contribution in [0.25, 0.3) is 11.3 Å². The van der Waals surface area contributed by atoms with E-state index in [1.165, 1.54) is 0 Å². The minimum atomic E-state index is -0.572. The van der Waals surface area contributed by atoms with Gasteiger partial charge in [0.05, 0.1) is 35.9 Å². The molecule has 27 heavy (non-hydrogen) atoms. The van der Waals surface area contributed by atoms with Gasteiger partial charge in [0.15, 0.2) is 0 Å². The zero-order valence-electron chi connectivity index (χ0n) is 14.9. The second-order valence-electron chi connectivity index (χ2n) is 6.61. The van der Waals surface area contributed by atoms with Gasteiger partial charge in [-0.25, -0.2) is 0 Å². The van der Waals surface area contributed by atoms with Crippen LogP contribution in [0.4, 0.5) is 0 Å². The molecule has 1 fully saturated rings. The lowest BCUT2D eigenvalue weighted by atomic mass is 9.73. The minimum absolute atomic E-state index is 0.000738. The van der Waals surface area contributed by atoms with Gasteiger partial charge < -0.3 is 14.5 Å². The molecular formula is C21H21N3O3. The van der Waals surface area contributed by atoms with Crippen molar-refractivity contribution in [3.63, 3.8) is 0 Å². The molecule has 1 aliphatic rings. The van der Waals surface area contributed by atoms with E-state index < -0.39 is 5.41 Å². The first kappa shape index (κ1) is 17.4. The summed E-state index contributed by atoms with van der Waals surface area (Å²) in [6.45, 7) is 1.46. The predicted octanol–water partition coefficient (Wildman–Crippen LogP) is 3.10. The zero-order valence-corrected chi connectivity index (χ0v) is 14.9. The Morgan fingerprint density at radius 1 is 1.07 bits per heavy atom. The summed E-state index contributed by atoms with van der Waals surface area (Å²) in [7, 11) is 0. The Morgan fingerprint density at radius 3 is 2.59 bits per heavy atom. The van der Waals surface area contributed by atoms with Gasteiger partial charge in [0.1, 0.15) is 0 Å². The van der Waals surface area contributed by atoms with E-state index >= 15 is 0 Å². The van der Waals surface area contributed by atoms with E-state index in [1.807, 2.05) is 36.4 Å². The normalized spacial score (nSPS) is 16.0. The molecule has 6 nitrogen and oxygen atoms in total. The van der Waals surface area contributed by atoms with E-state index in [2.05, 4.69) is 15.3 Å². The van der Waals surface area contributed by atoms with Crippen LogP contribution in [0, 0.1) is 0 Å². The van der Waals surface area contributed by atoms with E-state index in [0.29, 0.717) is 44.0 Å². The number of carbonyl (C=O) groups excluding carboxylic acids is 1. The van der Waals surface area contributed by atoms with E-state index in [0.717, 1.165) is 11.1 Å². The van der Waals surface area contributed by atoms with E-state index in [1.54, 1.807) is 24.9 Å². The van der Waals surface area contributed by atoms with Crippen LogP contribution in [-0.4, -0.2) is 29.1 Å². The number of carbonyl (C=O) groups is 1. The van der Waals surface area contributed by atoms with Gasteiger partial charge in [-0.05, 0) is 24.5 Å². The van der Waals surface area contributed by atoms with Crippen molar-refractivity contribution in [3.8, 4) is 11.3 Å². The number of benzene rings is 1. The van der Waals surface area contributed by atoms with Crippen molar-refractivity contribution in [2.45, 2.75) is 24.8 Å². The average molecular weight is 363 g/mol. The summed E-state index contributed by atoms with van der Waals surface area (Å²) in [6.07, 6.45) is 7.82. The van der Waals surface area contributed by atoms with Crippen LogP contribution >= 0.6 is 0 Å². The average Bonchev–Trinajstić information content (AvgIpc) is 3.28. The number of furan rings is 1. The Kier molecular flexibility index (Phi) is 4.98. The maximum absolute atomic E-state index is 13.3. The molecule has 0 spiro atoms. The van der Waals surface area contributed by atoms with Gasteiger partial charge in [-0.1, -0.05) is 30.3 Å². The summed E-state index contributed by atoms with van der Waals surface area (Å²) in [5, 5.41) is 3.08.